The number of nitrogens with one attached hydrogen (secondary N) is 1. The van der Waals surface area contributed by atoms with Gasteiger partial charge in [-0.1, -0.05) is 24.3 Å². The predicted molar refractivity (Wildman–Crippen MR) is 113 cm³/mol. The molecule has 0 bridgehead atoms. The average molecular weight is 430 g/mol. The third-order valence-electron chi connectivity index (χ3n) is 4.73. The molecule has 0 radical (unpaired) electrons. The van der Waals surface area contributed by atoms with Crippen LogP contribution in [0.25, 0.3) is 0 Å². The highest BCUT2D eigenvalue weighted by molar-refractivity contribution is 6.27. The van der Waals surface area contributed by atoms with E-state index in [0.29, 0.717) is 23.6 Å². The maximum atomic E-state index is 12.3. The smallest absolute Gasteiger partial charge is 0.414 e. The van der Waals surface area contributed by atoms with Crippen molar-refractivity contribution in [1.29, 1.82) is 0 Å². The van der Waals surface area contributed by atoms with E-state index in [0.717, 1.165) is 26.1 Å². The quantitative estimate of drug-likeness (QED) is 0.596. The number of benzene rings is 2. The standard InChI is InChI=1S/C20H24N2O3.C2H2O4/c1-24-17-7-8-18(19(13-17)25-2)21-20(23)10-12-22-11-9-15-5-3-4-6-16(15)14-22;3-1(4)2(5)6/h3-8,13H,9-12,14H2,1-2H3,(H,21,23);(H,3,4)(H,5,6). The summed E-state index contributed by atoms with van der Waals surface area (Å²) in [6.07, 6.45) is 1.50. The molecule has 2 aromatic carbocycles. The summed E-state index contributed by atoms with van der Waals surface area (Å²) in [6.45, 7) is 2.66. The van der Waals surface area contributed by atoms with Crippen molar-refractivity contribution < 1.29 is 34.1 Å². The second kappa shape index (κ2) is 11.6. The third-order valence-corrected chi connectivity index (χ3v) is 4.73. The number of anilines is 1. The first-order valence-electron chi connectivity index (χ1n) is 9.61. The van der Waals surface area contributed by atoms with Gasteiger partial charge in [-0.15, -0.1) is 0 Å². The van der Waals surface area contributed by atoms with Gasteiger partial charge in [0.15, 0.2) is 0 Å². The molecule has 9 heteroatoms. The second-order valence-corrected chi connectivity index (χ2v) is 6.77. The number of amides is 1. The Morgan fingerprint density at radius 2 is 1.68 bits per heavy atom. The molecular weight excluding hydrogens is 404 g/mol. The molecule has 1 heterocycles. The van der Waals surface area contributed by atoms with Crippen molar-refractivity contribution in [3.63, 3.8) is 0 Å². The molecule has 0 aromatic heterocycles. The summed E-state index contributed by atoms with van der Waals surface area (Å²) in [6, 6.07) is 13.9. The Balaban J connectivity index is 0.000000501. The summed E-state index contributed by atoms with van der Waals surface area (Å²) in [4.78, 5) is 32.8. The van der Waals surface area contributed by atoms with E-state index in [4.69, 9.17) is 29.3 Å². The summed E-state index contributed by atoms with van der Waals surface area (Å²) >= 11 is 0. The lowest BCUT2D eigenvalue weighted by atomic mass is 10.00. The minimum atomic E-state index is -1.82. The zero-order valence-corrected chi connectivity index (χ0v) is 17.5. The van der Waals surface area contributed by atoms with Gasteiger partial charge in [0.2, 0.25) is 5.91 Å². The van der Waals surface area contributed by atoms with Crippen LogP contribution in [-0.4, -0.2) is 60.3 Å². The van der Waals surface area contributed by atoms with E-state index in [2.05, 4.69) is 34.5 Å². The highest BCUT2D eigenvalue weighted by atomic mass is 16.5. The number of aliphatic carboxylic acids is 2. The van der Waals surface area contributed by atoms with E-state index in [1.54, 1.807) is 32.4 Å². The van der Waals surface area contributed by atoms with Crippen LogP contribution in [0.1, 0.15) is 17.5 Å². The molecule has 0 aliphatic carbocycles. The maximum absolute atomic E-state index is 12.3. The fourth-order valence-corrected chi connectivity index (χ4v) is 3.12. The van der Waals surface area contributed by atoms with Crippen LogP contribution in [0, 0.1) is 0 Å². The van der Waals surface area contributed by atoms with Crippen LogP contribution < -0.4 is 14.8 Å². The van der Waals surface area contributed by atoms with Gasteiger partial charge in [-0.3, -0.25) is 9.69 Å². The van der Waals surface area contributed by atoms with E-state index in [-0.39, 0.29) is 5.91 Å². The van der Waals surface area contributed by atoms with E-state index in [9.17, 15) is 4.79 Å². The number of nitrogens with zero attached hydrogens (tertiary/aromatic N) is 1. The van der Waals surface area contributed by atoms with Gasteiger partial charge in [0.25, 0.3) is 0 Å². The molecule has 0 fully saturated rings. The Morgan fingerprint density at radius 1 is 1.00 bits per heavy atom. The lowest BCUT2D eigenvalue weighted by molar-refractivity contribution is -0.159. The van der Waals surface area contributed by atoms with Crippen molar-refractivity contribution in [3.05, 3.63) is 53.6 Å². The van der Waals surface area contributed by atoms with Crippen molar-refractivity contribution in [2.45, 2.75) is 19.4 Å². The lowest BCUT2D eigenvalue weighted by Crippen LogP contribution is -2.33. The van der Waals surface area contributed by atoms with Gasteiger partial charge in [-0.25, -0.2) is 9.59 Å². The first kappa shape index (κ1) is 23.7. The fourth-order valence-electron chi connectivity index (χ4n) is 3.12. The van der Waals surface area contributed by atoms with E-state index >= 15 is 0 Å². The number of methoxy groups -OCH3 is 2. The minimum absolute atomic E-state index is 0.0117. The molecule has 1 amide bonds. The number of carbonyl (C=O) groups is 3. The number of carboxylic acids is 2. The van der Waals surface area contributed by atoms with Crippen LogP contribution in [0.4, 0.5) is 5.69 Å². The summed E-state index contributed by atoms with van der Waals surface area (Å²) in [5, 5.41) is 17.7. The molecule has 1 aliphatic heterocycles. The normalized spacial score (nSPS) is 12.6. The van der Waals surface area contributed by atoms with E-state index in [1.165, 1.54) is 11.1 Å². The number of carboxylic acid groups (broad SMARTS) is 2. The molecule has 166 valence electrons. The van der Waals surface area contributed by atoms with Crippen LogP contribution in [0.2, 0.25) is 0 Å². The number of hydrogen-bond acceptors (Lipinski definition) is 6. The molecule has 31 heavy (non-hydrogen) atoms. The van der Waals surface area contributed by atoms with Crippen LogP contribution in [0.3, 0.4) is 0 Å². The number of fused-ring (bicyclic) bond motifs is 1. The lowest BCUT2D eigenvalue weighted by Gasteiger charge is -2.28. The summed E-state index contributed by atoms with van der Waals surface area (Å²) in [7, 11) is 3.18. The summed E-state index contributed by atoms with van der Waals surface area (Å²) in [5.41, 5.74) is 3.45. The largest absolute Gasteiger partial charge is 0.497 e. The van der Waals surface area contributed by atoms with Gasteiger partial charge in [-0.05, 0) is 29.7 Å². The van der Waals surface area contributed by atoms with E-state index in [1.807, 2.05) is 0 Å². The Hall–Kier alpha value is -3.59. The molecular formula is C22H26N2O7. The minimum Gasteiger partial charge on any atom is -0.497 e. The molecule has 3 rings (SSSR count). The summed E-state index contributed by atoms with van der Waals surface area (Å²) in [5.74, 6) is -2.37. The average Bonchev–Trinajstić information content (AvgIpc) is 2.78. The van der Waals surface area contributed by atoms with Gasteiger partial charge in [0.05, 0.1) is 19.9 Å². The maximum Gasteiger partial charge on any atom is 0.414 e. The van der Waals surface area contributed by atoms with Crippen molar-refractivity contribution >= 4 is 23.5 Å². The number of carbonyl (C=O) groups excluding carboxylic acids is 1. The Kier molecular flexibility index (Phi) is 8.83. The molecule has 0 atom stereocenters. The van der Waals surface area contributed by atoms with Gasteiger partial charge in [0.1, 0.15) is 11.5 Å². The zero-order valence-electron chi connectivity index (χ0n) is 17.5. The molecule has 9 nitrogen and oxygen atoms in total. The number of ether oxygens (including phenoxy) is 2. The number of hydrogen-bond donors (Lipinski definition) is 3. The van der Waals surface area contributed by atoms with Crippen LogP contribution in [0.15, 0.2) is 42.5 Å². The number of rotatable bonds is 6. The SMILES string of the molecule is COc1ccc(NC(=O)CCN2CCc3ccccc3C2)c(OC)c1.O=C(O)C(=O)O. The predicted octanol–water partition coefficient (Wildman–Crippen LogP) is 2.25. The first-order valence-corrected chi connectivity index (χ1v) is 9.61. The van der Waals surface area contributed by atoms with Gasteiger partial charge < -0.3 is 25.0 Å². The highest BCUT2D eigenvalue weighted by Gasteiger charge is 2.17. The first-order chi connectivity index (χ1) is 14.8. The van der Waals surface area contributed by atoms with Crippen LogP contribution in [0.5, 0.6) is 11.5 Å². The Morgan fingerprint density at radius 3 is 2.29 bits per heavy atom. The van der Waals surface area contributed by atoms with Crippen molar-refractivity contribution in [2.24, 2.45) is 0 Å². The monoisotopic (exact) mass is 430 g/mol. The Bertz CT molecular complexity index is 918. The molecule has 0 spiro atoms. The van der Waals surface area contributed by atoms with Crippen molar-refractivity contribution in [1.82, 2.24) is 4.90 Å². The van der Waals surface area contributed by atoms with Crippen molar-refractivity contribution in [2.75, 3.05) is 32.6 Å². The molecule has 0 unspecified atom stereocenters. The molecule has 0 saturated carbocycles. The van der Waals surface area contributed by atoms with E-state index < -0.39 is 11.9 Å². The van der Waals surface area contributed by atoms with Gasteiger partial charge >= 0.3 is 11.9 Å². The topological polar surface area (TPSA) is 125 Å². The zero-order chi connectivity index (χ0) is 22.8. The van der Waals surface area contributed by atoms with Crippen LogP contribution in [-0.2, 0) is 27.3 Å². The Labute approximate surface area is 180 Å². The molecule has 2 aromatic rings. The third kappa shape index (κ3) is 7.31. The van der Waals surface area contributed by atoms with Crippen LogP contribution >= 0.6 is 0 Å². The highest BCUT2D eigenvalue weighted by Crippen LogP contribution is 2.29. The second-order valence-electron chi connectivity index (χ2n) is 6.77. The fraction of sp³-hybridized carbons (Fsp3) is 0.318. The molecule has 3 N–H and O–H groups in total. The molecule has 0 saturated heterocycles. The van der Waals surface area contributed by atoms with Gasteiger partial charge in [-0.2, -0.15) is 0 Å². The van der Waals surface area contributed by atoms with Gasteiger partial charge in [0, 0.05) is 32.1 Å². The summed E-state index contributed by atoms with van der Waals surface area (Å²) < 4.78 is 10.5. The van der Waals surface area contributed by atoms with Crippen molar-refractivity contribution in [3.8, 4) is 11.5 Å². The molecule has 1 aliphatic rings.